The van der Waals surface area contributed by atoms with Crippen LogP contribution in [0, 0.1) is 5.92 Å². The second kappa shape index (κ2) is 7.17. The van der Waals surface area contributed by atoms with E-state index >= 15 is 0 Å². The summed E-state index contributed by atoms with van der Waals surface area (Å²) in [6.45, 7) is 0.512. The average Bonchev–Trinajstić information content (AvgIpc) is 2.67. The van der Waals surface area contributed by atoms with Crippen LogP contribution in [0.15, 0.2) is 48.5 Å². The van der Waals surface area contributed by atoms with E-state index in [1.165, 1.54) is 12.1 Å². The van der Waals surface area contributed by atoms with Gasteiger partial charge in [-0.2, -0.15) is 13.2 Å². The van der Waals surface area contributed by atoms with Crippen molar-refractivity contribution in [2.24, 2.45) is 11.7 Å². The zero-order chi connectivity index (χ0) is 19.0. The number of fused-ring (bicyclic) bond motifs is 3. The topological polar surface area (TPSA) is 47.3 Å². The van der Waals surface area contributed by atoms with E-state index < -0.39 is 11.7 Å². The Balaban J connectivity index is 1.75. The lowest BCUT2D eigenvalue weighted by atomic mass is 9.76. The molecule has 0 saturated carbocycles. The zero-order valence-electron chi connectivity index (χ0n) is 14.9. The lowest BCUT2D eigenvalue weighted by molar-refractivity contribution is -0.138. The van der Waals surface area contributed by atoms with Crippen LogP contribution in [0.25, 0.3) is 0 Å². The Morgan fingerprint density at radius 2 is 1.85 bits per heavy atom. The Bertz CT molecular complexity index is 794. The molecule has 2 aliphatic heterocycles. The third-order valence-corrected chi connectivity index (χ3v) is 5.62. The summed E-state index contributed by atoms with van der Waals surface area (Å²) in [6.07, 6.45) is -2.25. The molecular weight excluding hydrogens is 353 g/mol. The Morgan fingerprint density at radius 3 is 2.56 bits per heavy atom. The molecule has 144 valence electrons. The van der Waals surface area contributed by atoms with Gasteiger partial charge in [-0.05, 0) is 49.6 Å². The standard InChI is InChI=1S/C21H23F3N2O/c22-21(23,24)14-6-9-18-17(12-14)20-16(8-7-15(27-20)10-11-25)19(26-18)13-4-2-1-3-5-13/h1-6,9,12,15-16,19-20,26H,7-8,10-11,25H2/t15-,16+,19+,20+/m1/s1. The highest BCUT2D eigenvalue weighted by Crippen LogP contribution is 2.51. The molecule has 0 radical (unpaired) electrons. The summed E-state index contributed by atoms with van der Waals surface area (Å²) >= 11 is 0. The largest absolute Gasteiger partial charge is 0.416 e. The van der Waals surface area contributed by atoms with Gasteiger partial charge in [-0.15, -0.1) is 0 Å². The lowest BCUT2D eigenvalue weighted by Crippen LogP contribution is -2.39. The fraction of sp³-hybridized carbons (Fsp3) is 0.429. The fourth-order valence-electron chi connectivity index (χ4n) is 4.32. The van der Waals surface area contributed by atoms with E-state index in [9.17, 15) is 13.2 Å². The second-order valence-corrected chi connectivity index (χ2v) is 7.33. The fourth-order valence-corrected chi connectivity index (χ4v) is 4.32. The van der Waals surface area contributed by atoms with E-state index in [-0.39, 0.29) is 24.2 Å². The summed E-state index contributed by atoms with van der Waals surface area (Å²) in [5.74, 6) is 0.0809. The van der Waals surface area contributed by atoms with Crippen molar-refractivity contribution in [3.05, 3.63) is 65.2 Å². The number of rotatable bonds is 3. The van der Waals surface area contributed by atoms with E-state index in [4.69, 9.17) is 10.5 Å². The van der Waals surface area contributed by atoms with Crippen LogP contribution in [-0.4, -0.2) is 12.6 Å². The molecule has 0 bridgehead atoms. The quantitative estimate of drug-likeness (QED) is 0.787. The van der Waals surface area contributed by atoms with Gasteiger partial charge < -0.3 is 15.8 Å². The Kier molecular flexibility index (Phi) is 4.86. The lowest BCUT2D eigenvalue weighted by Gasteiger charge is -2.46. The molecule has 0 amide bonds. The number of anilines is 1. The summed E-state index contributed by atoms with van der Waals surface area (Å²) in [4.78, 5) is 0. The van der Waals surface area contributed by atoms with Gasteiger partial charge in [0.1, 0.15) is 0 Å². The van der Waals surface area contributed by atoms with Crippen LogP contribution in [-0.2, 0) is 10.9 Å². The molecule has 1 saturated heterocycles. The van der Waals surface area contributed by atoms with Crippen LogP contribution in [0.5, 0.6) is 0 Å². The number of benzene rings is 2. The van der Waals surface area contributed by atoms with Crippen LogP contribution in [0.3, 0.4) is 0 Å². The summed E-state index contributed by atoms with van der Waals surface area (Å²) in [6, 6.07) is 13.9. The van der Waals surface area contributed by atoms with Crippen LogP contribution in [0.2, 0.25) is 0 Å². The predicted molar refractivity (Wildman–Crippen MR) is 98.3 cm³/mol. The molecule has 1 fully saturated rings. The third-order valence-electron chi connectivity index (χ3n) is 5.62. The Labute approximate surface area is 156 Å². The van der Waals surface area contributed by atoms with Crippen LogP contribution >= 0.6 is 0 Å². The van der Waals surface area contributed by atoms with E-state index in [0.29, 0.717) is 17.8 Å². The van der Waals surface area contributed by atoms with Gasteiger partial charge in [-0.1, -0.05) is 30.3 Å². The van der Waals surface area contributed by atoms with Crippen molar-refractivity contribution < 1.29 is 17.9 Å². The van der Waals surface area contributed by atoms with Crippen LogP contribution in [0.4, 0.5) is 18.9 Å². The van der Waals surface area contributed by atoms with Gasteiger partial charge >= 0.3 is 6.18 Å². The third kappa shape index (κ3) is 3.56. The smallest absolute Gasteiger partial charge is 0.378 e. The van der Waals surface area contributed by atoms with Gasteiger partial charge in [-0.25, -0.2) is 0 Å². The molecule has 27 heavy (non-hydrogen) atoms. The first-order valence-corrected chi connectivity index (χ1v) is 9.35. The van der Waals surface area contributed by atoms with Gasteiger partial charge in [0.05, 0.1) is 23.8 Å². The average molecular weight is 376 g/mol. The second-order valence-electron chi connectivity index (χ2n) is 7.33. The van der Waals surface area contributed by atoms with Crippen LogP contribution in [0.1, 0.15) is 48.1 Å². The number of halogens is 3. The first kappa shape index (κ1) is 18.3. The molecule has 6 heteroatoms. The maximum atomic E-state index is 13.2. The minimum absolute atomic E-state index is 0.00633. The Hall–Kier alpha value is -2.05. The molecule has 0 unspecified atom stereocenters. The van der Waals surface area contributed by atoms with Gasteiger partial charge in [0, 0.05) is 17.2 Å². The van der Waals surface area contributed by atoms with E-state index in [1.807, 2.05) is 18.2 Å². The number of hydrogen-bond acceptors (Lipinski definition) is 3. The maximum Gasteiger partial charge on any atom is 0.416 e. The monoisotopic (exact) mass is 376 g/mol. The summed E-state index contributed by atoms with van der Waals surface area (Å²) in [5, 5.41) is 3.47. The molecule has 3 N–H and O–H groups in total. The minimum atomic E-state index is -4.37. The summed E-state index contributed by atoms with van der Waals surface area (Å²) in [5.41, 5.74) is 7.48. The molecule has 2 aromatic carbocycles. The maximum absolute atomic E-state index is 13.2. The van der Waals surface area contributed by atoms with Crippen molar-refractivity contribution in [1.82, 2.24) is 0 Å². The first-order chi connectivity index (χ1) is 13.0. The van der Waals surface area contributed by atoms with Crippen molar-refractivity contribution in [3.63, 3.8) is 0 Å². The molecule has 2 aromatic rings. The number of hydrogen-bond donors (Lipinski definition) is 2. The van der Waals surface area contributed by atoms with E-state index in [0.717, 1.165) is 30.9 Å². The molecule has 0 aromatic heterocycles. The van der Waals surface area contributed by atoms with Gasteiger partial charge in [-0.3, -0.25) is 0 Å². The normalized spacial score (nSPS) is 27.4. The van der Waals surface area contributed by atoms with Gasteiger partial charge in [0.2, 0.25) is 0 Å². The molecule has 4 rings (SSSR count). The number of alkyl halides is 3. The van der Waals surface area contributed by atoms with Crippen LogP contribution < -0.4 is 11.1 Å². The predicted octanol–water partition coefficient (Wildman–Crippen LogP) is 5.06. The highest BCUT2D eigenvalue weighted by Gasteiger charge is 2.43. The van der Waals surface area contributed by atoms with Gasteiger partial charge in [0.15, 0.2) is 0 Å². The van der Waals surface area contributed by atoms with E-state index in [2.05, 4.69) is 17.4 Å². The van der Waals surface area contributed by atoms with Crippen molar-refractivity contribution in [3.8, 4) is 0 Å². The molecular formula is C21H23F3N2O. The van der Waals surface area contributed by atoms with Crippen molar-refractivity contribution in [1.29, 1.82) is 0 Å². The zero-order valence-corrected chi connectivity index (χ0v) is 14.9. The first-order valence-electron chi connectivity index (χ1n) is 9.35. The number of nitrogens with one attached hydrogen (secondary N) is 1. The molecule has 4 atom stereocenters. The highest BCUT2D eigenvalue weighted by atomic mass is 19.4. The number of nitrogens with two attached hydrogens (primary N) is 1. The molecule has 0 spiro atoms. The van der Waals surface area contributed by atoms with Crippen molar-refractivity contribution >= 4 is 5.69 Å². The Morgan fingerprint density at radius 1 is 1.07 bits per heavy atom. The highest BCUT2D eigenvalue weighted by molar-refractivity contribution is 5.58. The van der Waals surface area contributed by atoms with Crippen molar-refractivity contribution in [2.45, 2.75) is 43.7 Å². The minimum Gasteiger partial charge on any atom is -0.378 e. The van der Waals surface area contributed by atoms with Gasteiger partial charge in [0.25, 0.3) is 0 Å². The summed E-state index contributed by atoms with van der Waals surface area (Å²) < 4.78 is 46.0. The summed E-state index contributed by atoms with van der Waals surface area (Å²) in [7, 11) is 0. The molecule has 0 aliphatic carbocycles. The molecule has 2 heterocycles. The molecule has 3 nitrogen and oxygen atoms in total. The molecule has 2 aliphatic rings. The van der Waals surface area contributed by atoms with E-state index in [1.54, 1.807) is 0 Å². The van der Waals surface area contributed by atoms with Crippen molar-refractivity contribution in [2.75, 3.05) is 11.9 Å². The SMILES string of the molecule is NCC[C@H]1CC[C@@H]2[C@H](O1)c1cc(C(F)(F)F)ccc1N[C@H]2c1ccccc1. The number of ether oxygens (including phenoxy) is 1.